The van der Waals surface area contributed by atoms with Crippen LogP contribution in [0.25, 0.3) is 10.8 Å². The predicted molar refractivity (Wildman–Crippen MR) is 104 cm³/mol. The minimum absolute atomic E-state index is 0.0144. The molecule has 25 heavy (non-hydrogen) atoms. The number of ether oxygens (including phenoxy) is 1. The molecule has 128 valence electrons. The van der Waals surface area contributed by atoms with Gasteiger partial charge in [0.15, 0.2) is 0 Å². The smallest absolute Gasteiger partial charge is 0.230 e. The number of hydrogen-bond donors (Lipinski definition) is 1. The maximum Gasteiger partial charge on any atom is 0.230 e. The lowest BCUT2D eigenvalue weighted by Crippen LogP contribution is -2.24. The third-order valence-corrected chi connectivity index (χ3v) is 5.08. The first-order valence-electron chi connectivity index (χ1n) is 8.18. The van der Waals surface area contributed by atoms with E-state index in [1.165, 1.54) is 5.56 Å². The van der Waals surface area contributed by atoms with E-state index >= 15 is 0 Å². The SMILES string of the molecule is COc1ccc2ccccc2c1CNC(=O)CSc1ccc(C)cc1. The van der Waals surface area contributed by atoms with Gasteiger partial charge in [-0.1, -0.05) is 48.0 Å². The van der Waals surface area contributed by atoms with Gasteiger partial charge in [-0.3, -0.25) is 4.79 Å². The topological polar surface area (TPSA) is 38.3 Å². The van der Waals surface area contributed by atoms with Crippen LogP contribution < -0.4 is 10.1 Å². The molecule has 0 aromatic heterocycles. The van der Waals surface area contributed by atoms with Crippen molar-refractivity contribution < 1.29 is 9.53 Å². The number of nitrogens with one attached hydrogen (secondary N) is 1. The molecule has 1 amide bonds. The second-order valence-corrected chi connectivity index (χ2v) is 6.89. The Kier molecular flexibility index (Phi) is 5.61. The molecule has 0 aliphatic carbocycles. The maximum atomic E-state index is 12.2. The molecule has 0 atom stereocenters. The molecule has 3 nitrogen and oxygen atoms in total. The molecule has 0 heterocycles. The Morgan fingerprint density at radius 2 is 1.80 bits per heavy atom. The van der Waals surface area contributed by atoms with Gasteiger partial charge in [0, 0.05) is 17.0 Å². The molecule has 3 aromatic rings. The van der Waals surface area contributed by atoms with Crippen LogP contribution in [0.1, 0.15) is 11.1 Å². The van der Waals surface area contributed by atoms with Gasteiger partial charge in [-0.15, -0.1) is 11.8 Å². The lowest BCUT2D eigenvalue weighted by Gasteiger charge is -2.13. The highest BCUT2D eigenvalue weighted by molar-refractivity contribution is 8.00. The molecular formula is C21H21NO2S. The fourth-order valence-electron chi connectivity index (χ4n) is 2.71. The predicted octanol–water partition coefficient (Wildman–Crippen LogP) is 4.57. The van der Waals surface area contributed by atoms with Crippen molar-refractivity contribution in [2.24, 2.45) is 0 Å². The van der Waals surface area contributed by atoms with Gasteiger partial charge in [-0.25, -0.2) is 0 Å². The number of aryl methyl sites for hydroxylation is 1. The number of rotatable bonds is 6. The minimum atomic E-state index is 0.0144. The van der Waals surface area contributed by atoms with Crippen LogP contribution in [0, 0.1) is 6.92 Å². The van der Waals surface area contributed by atoms with Gasteiger partial charge in [0.25, 0.3) is 0 Å². The van der Waals surface area contributed by atoms with Gasteiger partial charge in [0.1, 0.15) is 5.75 Å². The average molecular weight is 351 g/mol. The molecule has 0 radical (unpaired) electrons. The summed E-state index contributed by atoms with van der Waals surface area (Å²) in [6.07, 6.45) is 0. The highest BCUT2D eigenvalue weighted by atomic mass is 32.2. The monoisotopic (exact) mass is 351 g/mol. The van der Waals surface area contributed by atoms with Crippen LogP contribution in [0.5, 0.6) is 5.75 Å². The second kappa shape index (κ2) is 8.08. The highest BCUT2D eigenvalue weighted by Gasteiger charge is 2.10. The van der Waals surface area contributed by atoms with Gasteiger partial charge in [-0.05, 0) is 35.9 Å². The molecule has 0 unspecified atom stereocenters. The van der Waals surface area contributed by atoms with Crippen LogP contribution in [0.15, 0.2) is 65.6 Å². The van der Waals surface area contributed by atoms with Crippen LogP contribution in [0.3, 0.4) is 0 Å². The number of hydrogen-bond acceptors (Lipinski definition) is 3. The molecule has 3 rings (SSSR count). The summed E-state index contributed by atoms with van der Waals surface area (Å²) in [4.78, 5) is 13.3. The Morgan fingerprint density at radius 3 is 2.56 bits per heavy atom. The summed E-state index contributed by atoms with van der Waals surface area (Å²) in [5.74, 6) is 1.21. The zero-order valence-electron chi connectivity index (χ0n) is 14.4. The largest absolute Gasteiger partial charge is 0.496 e. The van der Waals surface area contributed by atoms with Gasteiger partial charge in [-0.2, -0.15) is 0 Å². The summed E-state index contributed by atoms with van der Waals surface area (Å²) < 4.78 is 5.47. The Labute approximate surface area is 152 Å². The van der Waals surface area contributed by atoms with Crippen molar-refractivity contribution in [2.45, 2.75) is 18.4 Å². The minimum Gasteiger partial charge on any atom is -0.496 e. The van der Waals surface area contributed by atoms with Crippen LogP contribution in [-0.2, 0) is 11.3 Å². The number of carbonyl (C=O) groups is 1. The van der Waals surface area contributed by atoms with E-state index in [1.54, 1.807) is 18.9 Å². The van der Waals surface area contributed by atoms with Crippen LogP contribution in [-0.4, -0.2) is 18.8 Å². The van der Waals surface area contributed by atoms with Gasteiger partial charge < -0.3 is 10.1 Å². The van der Waals surface area contributed by atoms with Crippen molar-refractivity contribution in [3.05, 3.63) is 71.8 Å². The molecule has 0 saturated carbocycles. The van der Waals surface area contributed by atoms with E-state index < -0.39 is 0 Å². The third kappa shape index (κ3) is 4.34. The van der Waals surface area contributed by atoms with Crippen molar-refractivity contribution in [1.29, 1.82) is 0 Å². The fourth-order valence-corrected chi connectivity index (χ4v) is 3.44. The van der Waals surface area contributed by atoms with Crippen molar-refractivity contribution in [3.63, 3.8) is 0 Å². The molecular weight excluding hydrogens is 330 g/mol. The number of methoxy groups -OCH3 is 1. The lowest BCUT2D eigenvalue weighted by molar-refractivity contribution is -0.118. The van der Waals surface area contributed by atoms with Gasteiger partial charge in [0.2, 0.25) is 5.91 Å². The van der Waals surface area contributed by atoms with Gasteiger partial charge >= 0.3 is 0 Å². The highest BCUT2D eigenvalue weighted by Crippen LogP contribution is 2.28. The summed E-state index contributed by atoms with van der Waals surface area (Å²) in [6, 6.07) is 20.3. The third-order valence-electron chi connectivity index (χ3n) is 4.07. The van der Waals surface area contributed by atoms with E-state index in [4.69, 9.17) is 4.74 Å². The molecule has 0 aliphatic rings. The summed E-state index contributed by atoms with van der Waals surface area (Å²) in [5, 5.41) is 5.25. The Morgan fingerprint density at radius 1 is 1.04 bits per heavy atom. The number of thioether (sulfide) groups is 1. The van der Waals surface area contributed by atoms with E-state index in [2.05, 4.69) is 36.5 Å². The summed E-state index contributed by atoms with van der Waals surface area (Å²) in [5.41, 5.74) is 2.23. The number of fused-ring (bicyclic) bond motifs is 1. The molecule has 0 fully saturated rings. The lowest BCUT2D eigenvalue weighted by atomic mass is 10.0. The molecule has 0 bridgehead atoms. The normalized spacial score (nSPS) is 10.6. The molecule has 1 N–H and O–H groups in total. The number of carbonyl (C=O) groups excluding carboxylic acids is 1. The Bertz CT molecular complexity index is 875. The second-order valence-electron chi connectivity index (χ2n) is 5.85. The zero-order chi connectivity index (χ0) is 17.6. The number of benzene rings is 3. The maximum absolute atomic E-state index is 12.2. The molecule has 0 aliphatic heterocycles. The van der Waals surface area contributed by atoms with Crippen molar-refractivity contribution >= 4 is 28.4 Å². The molecule has 0 saturated heterocycles. The quantitative estimate of drug-likeness (QED) is 0.661. The first kappa shape index (κ1) is 17.4. The fraction of sp³-hybridized carbons (Fsp3) is 0.190. The van der Waals surface area contributed by atoms with Crippen LogP contribution >= 0.6 is 11.8 Å². The summed E-state index contributed by atoms with van der Waals surface area (Å²) in [7, 11) is 1.66. The van der Waals surface area contributed by atoms with Crippen molar-refractivity contribution in [3.8, 4) is 5.75 Å². The van der Waals surface area contributed by atoms with E-state index in [-0.39, 0.29) is 5.91 Å². The first-order valence-corrected chi connectivity index (χ1v) is 9.16. The first-order chi connectivity index (χ1) is 12.2. The van der Waals surface area contributed by atoms with E-state index in [9.17, 15) is 4.79 Å². The average Bonchev–Trinajstić information content (AvgIpc) is 2.65. The van der Waals surface area contributed by atoms with Crippen LogP contribution in [0.4, 0.5) is 0 Å². The molecule has 0 spiro atoms. The molecule has 4 heteroatoms. The van der Waals surface area contributed by atoms with E-state index in [1.807, 2.05) is 36.4 Å². The summed E-state index contributed by atoms with van der Waals surface area (Å²) in [6.45, 7) is 2.51. The van der Waals surface area contributed by atoms with E-state index in [0.717, 1.165) is 27.0 Å². The zero-order valence-corrected chi connectivity index (χ0v) is 15.2. The Balaban J connectivity index is 1.65. The van der Waals surface area contributed by atoms with Crippen molar-refractivity contribution in [1.82, 2.24) is 5.32 Å². The standard InChI is InChI=1S/C21H21NO2S/c1-15-7-10-17(11-8-15)25-14-21(23)22-13-19-18-6-4-3-5-16(18)9-12-20(19)24-2/h3-12H,13-14H2,1-2H3,(H,22,23). The van der Waals surface area contributed by atoms with Crippen molar-refractivity contribution in [2.75, 3.05) is 12.9 Å². The Hall–Kier alpha value is -2.46. The van der Waals surface area contributed by atoms with E-state index in [0.29, 0.717) is 12.3 Å². The number of amides is 1. The summed E-state index contributed by atoms with van der Waals surface area (Å²) >= 11 is 1.54. The van der Waals surface area contributed by atoms with Gasteiger partial charge in [0.05, 0.1) is 12.9 Å². The van der Waals surface area contributed by atoms with Crippen LogP contribution in [0.2, 0.25) is 0 Å². The molecule has 3 aromatic carbocycles.